The zero-order chi connectivity index (χ0) is 14.5. The molecule has 0 aliphatic heterocycles. The molecule has 0 saturated carbocycles. The molecule has 1 unspecified atom stereocenters. The van der Waals surface area contributed by atoms with Crippen LogP contribution in [0.3, 0.4) is 0 Å². The summed E-state index contributed by atoms with van der Waals surface area (Å²) >= 11 is 0. The van der Waals surface area contributed by atoms with Crippen molar-refractivity contribution in [3.05, 3.63) is 59.2 Å². The molecule has 2 N–H and O–H groups in total. The molecule has 0 spiro atoms. The second kappa shape index (κ2) is 4.02. The van der Waals surface area contributed by atoms with E-state index in [-0.39, 0.29) is 10.8 Å². The smallest absolute Gasteiger partial charge is 0.115 e. The fourth-order valence-electron chi connectivity index (χ4n) is 3.73. The van der Waals surface area contributed by atoms with Crippen LogP contribution >= 0.6 is 0 Å². The molecule has 2 nitrogen and oxygen atoms in total. The zero-order valence-electron chi connectivity index (χ0n) is 12.1. The second-order valence-electron chi connectivity index (χ2n) is 6.67. The highest BCUT2D eigenvalue weighted by molar-refractivity contribution is 5.54. The minimum Gasteiger partial charge on any atom is -0.508 e. The summed E-state index contributed by atoms with van der Waals surface area (Å²) in [5, 5.41) is 19.3. The molecular formula is C18H20O2. The Bertz CT molecular complexity index is 656. The van der Waals surface area contributed by atoms with Crippen molar-refractivity contribution in [1.82, 2.24) is 0 Å². The van der Waals surface area contributed by atoms with Crippen LogP contribution in [-0.2, 0) is 10.8 Å². The van der Waals surface area contributed by atoms with Gasteiger partial charge in [0.1, 0.15) is 11.5 Å². The Balaban J connectivity index is 2.20. The molecule has 0 heterocycles. The largest absolute Gasteiger partial charge is 0.508 e. The predicted molar refractivity (Wildman–Crippen MR) is 80.3 cm³/mol. The van der Waals surface area contributed by atoms with Crippen molar-refractivity contribution >= 4 is 0 Å². The van der Waals surface area contributed by atoms with E-state index in [9.17, 15) is 10.2 Å². The van der Waals surface area contributed by atoms with Crippen molar-refractivity contribution in [3.63, 3.8) is 0 Å². The van der Waals surface area contributed by atoms with Gasteiger partial charge in [-0.2, -0.15) is 0 Å². The highest BCUT2D eigenvalue weighted by Crippen LogP contribution is 2.53. The number of hydrogen-bond donors (Lipinski definition) is 2. The molecule has 2 aromatic rings. The van der Waals surface area contributed by atoms with Crippen molar-refractivity contribution in [2.75, 3.05) is 0 Å². The van der Waals surface area contributed by atoms with E-state index in [1.807, 2.05) is 24.3 Å². The SMILES string of the molecule is CC1(C)CC(C)(c2ccc(O)cc2)c2ccc(O)cc21. The summed E-state index contributed by atoms with van der Waals surface area (Å²) in [6.45, 7) is 6.68. The van der Waals surface area contributed by atoms with Gasteiger partial charge in [-0.15, -0.1) is 0 Å². The van der Waals surface area contributed by atoms with E-state index in [2.05, 4.69) is 20.8 Å². The summed E-state index contributed by atoms with van der Waals surface area (Å²) < 4.78 is 0. The topological polar surface area (TPSA) is 40.5 Å². The highest BCUT2D eigenvalue weighted by atomic mass is 16.3. The molecule has 3 rings (SSSR count). The summed E-state index contributed by atoms with van der Waals surface area (Å²) in [6.07, 6.45) is 0.990. The standard InChI is InChI=1S/C18H20O2/c1-17(2)11-18(3,12-4-6-13(19)7-5-12)15-9-8-14(20)10-16(15)17/h4-10,19-20H,11H2,1-3H3. The van der Waals surface area contributed by atoms with Gasteiger partial charge in [0.05, 0.1) is 0 Å². The molecular weight excluding hydrogens is 248 g/mol. The quantitative estimate of drug-likeness (QED) is 0.818. The van der Waals surface area contributed by atoms with Crippen molar-refractivity contribution in [2.45, 2.75) is 38.0 Å². The van der Waals surface area contributed by atoms with Crippen molar-refractivity contribution in [1.29, 1.82) is 0 Å². The first kappa shape index (κ1) is 13.0. The van der Waals surface area contributed by atoms with Gasteiger partial charge in [-0.05, 0) is 52.8 Å². The Morgan fingerprint density at radius 1 is 0.800 bits per heavy atom. The summed E-state index contributed by atoms with van der Waals surface area (Å²) in [4.78, 5) is 0. The summed E-state index contributed by atoms with van der Waals surface area (Å²) in [5.41, 5.74) is 3.63. The number of fused-ring (bicyclic) bond motifs is 1. The lowest BCUT2D eigenvalue weighted by Crippen LogP contribution is -2.23. The summed E-state index contributed by atoms with van der Waals surface area (Å²) in [7, 11) is 0. The Morgan fingerprint density at radius 2 is 1.40 bits per heavy atom. The lowest BCUT2D eigenvalue weighted by atomic mass is 9.75. The summed E-state index contributed by atoms with van der Waals surface area (Å²) in [6, 6.07) is 13.2. The molecule has 0 amide bonds. The van der Waals surface area contributed by atoms with Gasteiger partial charge in [-0.3, -0.25) is 0 Å². The second-order valence-corrected chi connectivity index (χ2v) is 6.67. The molecule has 1 atom stereocenters. The van der Waals surface area contributed by atoms with Crippen molar-refractivity contribution < 1.29 is 10.2 Å². The maximum atomic E-state index is 9.77. The van der Waals surface area contributed by atoms with Gasteiger partial charge in [0, 0.05) is 5.41 Å². The van der Waals surface area contributed by atoms with Crippen LogP contribution in [-0.4, -0.2) is 10.2 Å². The van der Waals surface area contributed by atoms with Gasteiger partial charge < -0.3 is 10.2 Å². The fourth-order valence-corrected chi connectivity index (χ4v) is 3.73. The number of hydrogen-bond acceptors (Lipinski definition) is 2. The van der Waals surface area contributed by atoms with Gasteiger partial charge in [-0.1, -0.05) is 39.0 Å². The van der Waals surface area contributed by atoms with E-state index in [0.717, 1.165) is 6.42 Å². The Morgan fingerprint density at radius 3 is 2.05 bits per heavy atom. The molecule has 1 aliphatic rings. The average molecular weight is 268 g/mol. The van der Waals surface area contributed by atoms with Crippen LogP contribution in [0.1, 0.15) is 43.9 Å². The molecule has 0 fully saturated rings. The summed E-state index contributed by atoms with van der Waals surface area (Å²) in [5.74, 6) is 0.618. The molecule has 2 aromatic carbocycles. The first-order valence-corrected chi connectivity index (χ1v) is 6.96. The van der Waals surface area contributed by atoms with Gasteiger partial charge in [0.25, 0.3) is 0 Å². The van der Waals surface area contributed by atoms with Crippen molar-refractivity contribution in [2.24, 2.45) is 0 Å². The van der Waals surface area contributed by atoms with E-state index in [4.69, 9.17) is 0 Å². The first-order valence-electron chi connectivity index (χ1n) is 6.96. The van der Waals surface area contributed by atoms with E-state index < -0.39 is 0 Å². The van der Waals surface area contributed by atoms with E-state index in [1.54, 1.807) is 18.2 Å². The van der Waals surface area contributed by atoms with E-state index in [0.29, 0.717) is 11.5 Å². The lowest BCUT2D eigenvalue weighted by molar-refractivity contribution is 0.422. The number of rotatable bonds is 1. The maximum absolute atomic E-state index is 9.77. The zero-order valence-corrected chi connectivity index (χ0v) is 12.1. The minimum absolute atomic E-state index is 0.0285. The van der Waals surface area contributed by atoms with Crippen LogP contribution in [0.5, 0.6) is 11.5 Å². The monoisotopic (exact) mass is 268 g/mol. The number of aromatic hydroxyl groups is 2. The molecule has 104 valence electrons. The third-order valence-corrected chi connectivity index (χ3v) is 4.63. The number of phenolic OH excluding ortho intramolecular Hbond substituents is 2. The molecule has 20 heavy (non-hydrogen) atoms. The van der Waals surface area contributed by atoms with Crippen LogP contribution < -0.4 is 0 Å². The molecule has 2 heteroatoms. The fraction of sp³-hybridized carbons (Fsp3) is 0.333. The number of phenols is 2. The molecule has 0 aromatic heterocycles. The Kier molecular flexibility index (Phi) is 2.62. The average Bonchev–Trinajstić information content (AvgIpc) is 2.58. The maximum Gasteiger partial charge on any atom is 0.115 e. The highest BCUT2D eigenvalue weighted by Gasteiger charge is 2.45. The molecule has 1 aliphatic carbocycles. The predicted octanol–water partition coefficient (Wildman–Crippen LogP) is 4.09. The van der Waals surface area contributed by atoms with Crippen LogP contribution in [0.4, 0.5) is 0 Å². The van der Waals surface area contributed by atoms with Crippen LogP contribution in [0, 0.1) is 0 Å². The third kappa shape index (κ3) is 1.79. The molecule has 0 radical (unpaired) electrons. The normalized spacial score (nSPS) is 23.6. The first-order chi connectivity index (χ1) is 9.33. The molecule has 0 saturated heterocycles. The minimum atomic E-state index is -0.0831. The lowest BCUT2D eigenvalue weighted by Gasteiger charge is -2.28. The number of benzene rings is 2. The van der Waals surface area contributed by atoms with Crippen LogP contribution in [0.2, 0.25) is 0 Å². The van der Waals surface area contributed by atoms with Gasteiger partial charge in [-0.25, -0.2) is 0 Å². The Hall–Kier alpha value is -1.96. The van der Waals surface area contributed by atoms with Crippen LogP contribution in [0.25, 0.3) is 0 Å². The van der Waals surface area contributed by atoms with Crippen molar-refractivity contribution in [3.8, 4) is 11.5 Å². The molecule has 0 bridgehead atoms. The Labute approximate surface area is 119 Å². The van der Waals surface area contributed by atoms with E-state index in [1.165, 1.54) is 16.7 Å². The van der Waals surface area contributed by atoms with E-state index >= 15 is 0 Å². The van der Waals surface area contributed by atoms with Gasteiger partial charge >= 0.3 is 0 Å². The van der Waals surface area contributed by atoms with Gasteiger partial charge in [0.15, 0.2) is 0 Å². The van der Waals surface area contributed by atoms with Crippen LogP contribution in [0.15, 0.2) is 42.5 Å². The third-order valence-electron chi connectivity index (χ3n) is 4.63. The van der Waals surface area contributed by atoms with Gasteiger partial charge in [0.2, 0.25) is 0 Å².